The highest BCUT2D eigenvalue weighted by Crippen LogP contribution is 2.36. The predicted molar refractivity (Wildman–Crippen MR) is 109 cm³/mol. The highest BCUT2D eigenvalue weighted by molar-refractivity contribution is 7.78. The molecule has 3 rings (SSSR count). The molecule has 1 aliphatic rings. The maximum absolute atomic E-state index is 12.8. The average Bonchev–Trinajstić information content (AvgIpc) is 3.06. The van der Waals surface area contributed by atoms with Gasteiger partial charge in [0.05, 0.1) is 21.2 Å². The number of anilines is 1. The van der Waals surface area contributed by atoms with Gasteiger partial charge in [-0.15, -0.1) is 11.6 Å². The number of likely N-dealkylation sites (tertiary alicyclic amines) is 1. The van der Waals surface area contributed by atoms with Gasteiger partial charge in [0.15, 0.2) is 0 Å². The third kappa shape index (κ3) is 4.21. The van der Waals surface area contributed by atoms with Crippen LogP contribution in [-0.4, -0.2) is 32.3 Å². The summed E-state index contributed by atoms with van der Waals surface area (Å²) in [6, 6.07) is 8.29. The van der Waals surface area contributed by atoms with Gasteiger partial charge in [-0.2, -0.15) is 0 Å². The fraction of sp³-hybridized carbons (Fsp3) is 0.294. The summed E-state index contributed by atoms with van der Waals surface area (Å²) in [7, 11) is 0. The van der Waals surface area contributed by atoms with Gasteiger partial charge in [-0.25, -0.2) is 9.10 Å². The lowest BCUT2D eigenvalue weighted by Gasteiger charge is -2.36. The van der Waals surface area contributed by atoms with E-state index in [1.54, 1.807) is 30.6 Å². The number of urea groups is 1. The molecule has 2 heterocycles. The van der Waals surface area contributed by atoms with Crippen molar-refractivity contribution < 1.29 is 4.79 Å². The van der Waals surface area contributed by atoms with Gasteiger partial charge in [0.1, 0.15) is 6.17 Å². The second-order valence-electron chi connectivity index (χ2n) is 5.84. The number of nitrogens with zero attached hydrogens (tertiary/aromatic N) is 3. The van der Waals surface area contributed by atoms with Crippen LogP contribution in [0.3, 0.4) is 0 Å². The van der Waals surface area contributed by atoms with Crippen molar-refractivity contribution in [3.8, 4) is 0 Å². The van der Waals surface area contributed by atoms with Crippen LogP contribution in [0.15, 0.2) is 42.7 Å². The van der Waals surface area contributed by atoms with Crippen LogP contribution in [0.2, 0.25) is 10.0 Å². The van der Waals surface area contributed by atoms with Crippen LogP contribution in [-0.2, 0) is 0 Å². The summed E-state index contributed by atoms with van der Waals surface area (Å²) in [5.41, 5.74) is 1.11. The summed E-state index contributed by atoms with van der Waals surface area (Å²) < 4.78 is 1.31. The lowest BCUT2D eigenvalue weighted by atomic mass is 10.2. The van der Waals surface area contributed by atoms with Crippen molar-refractivity contribution in [2.24, 2.45) is 0 Å². The van der Waals surface area contributed by atoms with Crippen LogP contribution >= 0.6 is 47.6 Å². The Morgan fingerprint density at radius 1 is 1.31 bits per heavy atom. The van der Waals surface area contributed by atoms with E-state index in [1.807, 2.05) is 17.0 Å². The fourth-order valence-electron chi connectivity index (χ4n) is 2.92. The van der Waals surface area contributed by atoms with Crippen molar-refractivity contribution in [1.82, 2.24) is 14.2 Å². The molecule has 0 saturated carbocycles. The van der Waals surface area contributed by atoms with Gasteiger partial charge in [-0.05, 0) is 42.7 Å². The van der Waals surface area contributed by atoms with Gasteiger partial charge in [0.25, 0.3) is 0 Å². The second-order valence-corrected chi connectivity index (χ2v) is 7.56. The zero-order valence-electron chi connectivity index (χ0n) is 13.6. The number of carbonyl (C=O) groups excluding carboxylic acids is 1. The molecule has 0 radical (unpaired) electrons. The Bertz CT molecular complexity index is 780. The van der Waals surface area contributed by atoms with Crippen molar-refractivity contribution in [3.05, 3.63) is 58.3 Å². The Morgan fingerprint density at radius 2 is 2.04 bits per heavy atom. The Morgan fingerprint density at radius 3 is 2.69 bits per heavy atom. The third-order valence-electron chi connectivity index (χ3n) is 4.17. The molecule has 0 aliphatic carbocycles. The standard InChI is InChI=1S/C17H17Cl3N4OS/c18-12-3-1-4-13(15(12)20)22-17(25)24(26)16(11-6-8-21-9-7-11)23-10-2-5-14(23)19/h1,3-4,6-9,14,16,26H,2,5,10H2,(H,22,25). The molecule has 138 valence electrons. The zero-order valence-corrected chi connectivity index (χ0v) is 16.8. The van der Waals surface area contributed by atoms with E-state index in [-0.39, 0.29) is 10.5 Å². The monoisotopic (exact) mass is 430 g/mol. The number of rotatable bonds is 4. The average molecular weight is 432 g/mol. The zero-order chi connectivity index (χ0) is 18.7. The van der Waals surface area contributed by atoms with Gasteiger partial charge in [0, 0.05) is 18.9 Å². The van der Waals surface area contributed by atoms with Gasteiger partial charge < -0.3 is 5.32 Å². The van der Waals surface area contributed by atoms with Crippen LogP contribution in [0.4, 0.5) is 10.5 Å². The number of aromatic nitrogens is 1. The molecule has 9 heteroatoms. The second kappa shape index (κ2) is 8.67. The normalized spacial score (nSPS) is 18.5. The first-order chi connectivity index (χ1) is 12.5. The molecule has 1 aliphatic heterocycles. The SMILES string of the molecule is O=C(Nc1cccc(Cl)c1Cl)N(S)C(c1ccncc1)N1CCCC1Cl. The van der Waals surface area contributed by atoms with E-state index in [1.165, 1.54) is 4.31 Å². The molecule has 1 saturated heterocycles. The minimum absolute atomic E-state index is 0.176. The summed E-state index contributed by atoms with van der Waals surface area (Å²) in [4.78, 5) is 18.9. The van der Waals surface area contributed by atoms with Crippen molar-refractivity contribution in [2.45, 2.75) is 24.5 Å². The molecule has 2 amide bonds. The molecule has 1 N–H and O–H groups in total. The van der Waals surface area contributed by atoms with E-state index in [0.29, 0.717) is 10.7 Å². The quantitative estimate of drug-likeness (QED) is 0.386. The molecule has 0 bridgehead atoms. The molecule has 2 atom stereocenters. The number of benzene rings is 1. The molecular formula is C17H17Cl3N4OS. The molecule has 0 spiro atoms. The lowest BCUT2D eigenvalue weighted by Crippen LogP contribution is -2.42. The maximum atomic E-state index is 12.8. The van der Waals surface area contributed by atoms with Gasteiger partial charge in [-0.1, -0.05) is 42.1 Å². The fourth-order valence-corrected chi connectivity index (χ4v) is 3.94. The van der Waals surface area contributed by atoms with E-state index in [4.69, 9.17) is 34.8 Å². The number of halogens is 3. The predicted octanol–water partition coefficient (Wildman–Crippen LogP) is 5.43. The Balaban J connectivity index is 1.86. The van der Waals surface area contributed by atoms with Gasteiger partial charge in [-0.3, -0.25) is 9.88 Å². The largest absolute Gasteiger partial charge is 0.333 e. The molecular weight excluding hydrogens is 415 g/mol. The van der Waals surface area contributed by atoms with Crippen LogP contribution in [0.5, 0.6) is 0 Å². The molecule has 1 fully saturated rings. The first-order valence-electron chi connectivity index (χ1n) is 8.02. The Kier molecular flexibility index (Phi) is 6.53. The number of nitrogens with one attached hydrogen (secondary N) is 1. The number of hydrogen-bond donors (Lipinski definition) is 2. The van der Waals surface area contributed by atoms with Crippen molar-refractivity contribution in [1.29, 1.82) is 0 Å². The van der Waals surface area contributed by atoms with Crippen LogP contribution in [0.1, 0.15) is 24.6 Å². The molecule has 2 aromatic rings. The number of hydrogen-bond acceptors (Lipinski definition) is 4. The van der Waals surface area contributed by atoms with Crippen molar-refractivity contribution in [3.63, 3.8) is 0 Å². The molecule has 26 heavy (non-hydrogen) atoms. The topological polar surface area (TPSA) is 48.5 Å². The number of carbonyl (C=O) groups is 1. The van der Waals surface area contributed by atoms with Gasteiger partial charge >= 0.3 is 6.03 Å². The van der Waals surface area contributed by atoms with E-state index in [0.717, 1.165) is 24.9 Å². The third-order valence-corrected chi connectivity index (χ3v) is 5.86. The number of thiol groups is 1. The van der Waals surface area contributed by atoms with Crippen molar-refractivity contribution in [2.75, 3.05) is 11.9 Å². The first-order valence-corrected chi connectivity index (χ1v) is 9.61. The summed E-state index contributed by atoms with van der Waals surface area (Å²) in [5, 5.41) is 3.39. The van der Waals surface area contributed by atoms with E-state index >= 15 is 0 Å². The minimum atomic E-state index is -0.440. The smallest absolute Gasteiger partial charge is 0.306 e. The number of amides is 2. The summed E-state index contributed by atoms with van der Waals surface area (Å²) in [5.74, 6) is 0. The highest BCUT2D eigenvalue weighted by atomic mass is 35.5. The Labute approximate surface area is 172 Å². The van der Waals surface area contributed by atoms with E-state index in [2.05, 4.69) is 23.1 Å². The highest BCUT2D eigenvalue weighted by Gasteiger charge is 2.35. The van der Waals surface area contributed by atoms with E-state index < -0.39 is 12.2 Å². The lowest BCUT2D eigenvalue weighted by molar-refractivity contribution is 0.137. The Hall–Kier alpha value is -1.18. The molecule has 5 nitrogen and oxygen atoms in total. The van der Waals surface area contributed by atoms with E-state index in [9.17, 15) is 4.79 Å². The molecule has 1 aromatic carbocycles. The number of alkyl halides is 1. The van der Waals surface area contributed by atoms with Crippen LogP contribution < -0.4 is 5.32 Å². The maximum Gasteiger partial charge on any atom is 0.333 e. The van der Waals surface area contributed by atoms with Crippen LogP contribution in [0, 0.1) is 0 Å². The summed E-state index contributed by atoms with van der Waals surface area (Å²) in [6.45, 7) is 0.767. The molecule has 2 unspecified atom stereocenters. The summed E-state index contributed by atoms with van der Waals surface area (Å²) in [6.07, 6.45) is 4.72. The first kappa shape index (κ1) is 19.6. The van der Waals surface area contributed by atoms with Crippen molar-refractivity contribution >= 4 is 59.3 Å². The van der Waals surface area contributed by atoms with Crippen LogP contribution in [0.25, 0.3) is 0 Å². The molecule has 1 aromatic heterocycles. The summed E-state index contributed by atoms with van der Waals surface area (Å²) >= 11 is 23.1. The minimum Gasteiger partial charge on any atom is -0.306 e. The number of pyridine rings is 1. The van der Waals surface area contributed by atoms with Gasteiger partial charge in [0.2, 0.25) is 0 Å².